The topological polar surface area (TPSA) is 69.8 Å². The van der Waals surface area contributed by atoms with E-state index >= 15 is 0 Å². The van der Waals surface area contributed by atoms with Crippen LogP contribution in [0.15, 0.2) is 18.2 Å². The van der Waals surface area contributed by atoms with E-state index in [1.165, 1.54) is 0 Å². The molecule has 5 nitrogen and oxygen atoms in total. The number of rotatable bonds is 5. The first-order valence-electron chi connectivity index (χ1n) is 7.18. The average Bonchev–Trinajstić information content (AvgIpc) is 2.90. The van der Waals surface area contributed by atoms with E-state index in [2.05, 4.69) is 23.6 Å². The Morgan fingerprint density at radius 3 is 2.75 bits per heavy atom. The monoisotopic (exact) mass is 277 g/mol. The first-order valence-corrected chi connectivity index (χ1v) is 7.18. The summed E-state index contributed by atoms with van der Waals surface area (Å²) >= 11 is 0. The van der Waals surface area contributed by atoms with Gasteiger partial charge < -0.3 is 15.7 Å². The van der Waals surface area contributed by atoms with Crippen LogP contribution < -0.4 is 10.6 Å². The van der Waals surface area contributed by atoms with Crippen molar-refractivity contribution in [3.63, 3.8) is 0 Å². The highest BCUT2D eigenvalue weighted by molar-refractivity contribution is 5.90. The molecule has 1 heterocycles. The predicted octanol–water partition coefficient (Wildman–Crippen LogP) is 1.89. The van der Waals surface area contributed by atoms with Gasteiger partial charge >= 0.3 is 5.97 Å². The molecule has 20 heavy (non-hydrogen) atoms. The number of hydrogen-bond donors (Lipinski definition) is 2. The highest BCUT2D eigenvalue weighted by atomic mass is 16.4. The van der Waals surface area contributed by atoms with Gasteiger partial charge in [-0.3, -0.25) is 4.90 Å². The Morgan fingerprint density at radius 2 is 2.15 bits per heavy atom. The average molecular weight is 277 g/mol. The molecular weight excluding hydrogens is 254 g/mol. The van der Waals surface area contributed by atoms with Crippen LogP contribution >= 0.6 is 0 Å². The quantitative estimate of drug-likeness (QED) is 0.804. The van der Waals surface area contributed by atoms with Crippen LogP contribution in [0.1, 0.15) is 30.6 Å². The van der Waals surface area contributed by atoms with Gasteiger partial charge in [0, 0.05) is 19.1 Å². The second-order valence-corrected chi connectivity index (χ2v) is 5.19. The summed E-state index contributed by atoms with van der Waals surface area (Å²) in [7, 11) is 0. The largest absolute Gasteiger partial charge is 0.478 e. The fourth-order valence-electron chi connectivity index (χ4n) is 2.95. The smallest absolute Gasteiger partial charge is 0.335 e. The van der Waals surface area contributed by atoms with Crippen molar-refractivity contribution in [3.8, 4) is 0 Å². The number of carboxylic acid groups (broad SMARTS) is 1. The molecule has 3 N–H and O–H groups in total. The fourth-order valence-corrected chi connectivity index (χ4v) is 2.95. The van der Waals surface area contributed by atoms with E-state index in [9.17, 15) is 4.79 Å². The van der Waals surface area contributed by atoms with Gasteiger partial charge in [0.1, 0.15) is 0 Å². The normalized spacial score (nSPS) is 18.8. The van der Waals surface area contributed by atoms with Crippen LogP contribution in [0, 0.1) is 0 Å². The van der Waals surface area contributed by atoms with Crippen LogP contribution in [0.25, 0.3) is 0 Å². The van der Waals surface area contributed by atoms with E-state index in [1.807, 2.05) is 0 Å². The Kier molecular flexibility index (Phi) is 4.49. The van der Waals surface area contributed by atoms with Gasteiger partial charge in [0.05, 0.1) is 16.9 Å². The Morgan fingerprint density at radius 1 is 1.45 bits per heavy atom. The van der Waals surface area contributed by atoms with Crippen molar-refractivity contribution in [2.45, 2.75) is 26.3 Å². The number of carboxylic acids is 1. The van der Waals surface area contributed by atoms with Gasteiger partial charge in [0.2, 0.25) is 0 Å². The van der Waals surface area contributed by atoms with Gasteiger partial charge in [-0.05, 0) is 37.7 Å². The zero-order valence-electron chi connectivity index (χ0n) is 12.2. The number of nitrogens with zero attached hydrogens (tertiary/aromatic N) is 2. The first-order chi connectivity index (χ1) is 9.56. The molecular formula is C15H23N3O2. The van der Waals surface area contributed by atoms with E-state index in [0.29, 0.717) is 17.3 Å². The molecule has 1 aliphatic heterocycles. The Bertz CT molecular complexity index is 486. The minimum Gasteiger partial charge on any atom is -0.478 e. The first kappa shape index (κ1) is 14.7. The molecule has 0 spiro atoms. The lowest BCUT2D eigenvalue weighted by Gasteiger charge is -2.27. The van der Waals surface area contributed by atoms with Gasteiger partial charge in [-0.1, -0.05) is 13.8 Å². The van der Waals surface area contributed by atoms with Gasteiger partial charge in [-0.25, -0.2) is 4.79 Å². The van der Waals surface area contributed by atoms with Crippen LogP contribution in [-0.2, 0) is 0 Å². The molecule has 0 saturated carbocycles. The third-order valence-electron chi connectivity index (χ3n) is 4.11. The molecule has 0 aliphatic carbocycles. The molecule has 110 valence electrons. The predicted molar refractivity (Wildman–Crippen MR) is 81.4 cm³/mol. The van der Waals surface area contributed by atoms with Gasteiger partial charge in [-0.2, -0.15) is 0 Å². The number of hydrogen-bond acceptors (Lipinski definition) is 4. The minimum absolute atomic E-state index is 0.292. The number of nitrogen functional groups attached to an aromatic ring is 1. The van der Waals surface area contributed by atoms with Crippen molar-refractivity contribution in [1.29, 1.82) is 0 Å². The number of likely N-dealkylation sites (N-methyl/N-ethyl adjacent to an activating group) is 1. The van der Waals surface area contributed by atoms with Crippen LogP contribution in [0.5, 0.6) is 0 Å². The van der Waals surface area contributed by atoms with Crippen molar-refractivity contribution in [2.24, 2.45) is 0 Å². The molecule has 5 heteroatoms. The van der Waals surface area contributed by atoms with Crippen molar-refractivity contribution in [1.82, 2.24) is 4.90 Å². The molecule has 1 unspecified atom stereocenters. The summed E-state index contributed by atoms with van der Waals surface area (Å²) in [6, 6.07) is 5.45. The third-order valence-corrected chi connectivity index (χ3v) is 4.11. The maximum absolute atomic E-state index is 11.1. The summed E-state index contributed by atoms with van der Waals surface area (Å²) in [6.45, 7) is 8.26. The third kappa shape index (κ3) is 2.88. The zero-order valence-corrected chi connectivity index (χ0v) is 12.2. The molecule has 1 fully saturated rings. The van der Waals surface area contributed by atoms with Crippen molar-refractivity contribution in [2.75, 3.05) is 36.8 Å². The molecule has 1 atom stereocenters. The highest BCUT2D eigenvalue weighted by Crippen LogP contribution is 2.29. The second-order valence-electron chi connectivity index (χ2n) is 5.19. The Balaban J connectivity index is 2.17. The molecule has 0 radical (unpaired) electrons. The molecule has 1 aromatic carbocycles. The number of anilines is 2. The minimum atomic E-state index is -0.911. The van der Waals surface area contributed by atoms with E-state index < -0.39 is 5.97 Å². The lowest BCUT2D eigenvalue weighted by atomic mass is 10.1. The zero-order chi connectivity index (χ0) is 14.7. The Hall–Kier alpha value is -1.75. The summed E-state index contributed by atoms with van der Waals surface area (Å²) in [4.78, 5) is 15.7. The summed E-state index contributed by atoms with van der Waals surface area (Å²) in [5.74, 6) is -0.911. The molecule has 1 aromatic rings. The molecule has 1 aliphatic rings. The lowest BCUT2D eigenvalue weighted by molar-refractivity contribution is 0.0697. The fraction of sp³-hybridized carbons (Fsp3) is 0.533. The summed E-state index contributed by atoms with van der Waals surface area (Å²) in [5.41, 5.74) is 7.80. The van der Waals surface area contributed by atoms with Crippen LogP contribution in [0.3, 0.4) is 0 Å². The van der Waals surface area contributed by atoms with Crippen molar-refractivity contribution in [3.05, 3.63) is 23.8 Å². The molecule has 0 aromatic heterocycles. The second kappa shape index (κ2) is 6.13. The Labute approximate surface area is 120 Å². The van der Waals surface area contributed by atoms with Crippen molar-refractivity contribution >= 4 is 17.3 Å². The SMILES string of the molecule is CCN(CC)C1CCN(c2cc(C(=O)O)ccc2N)C1. The number of nitrogens with two attached hydrogens (primary N) is 1. The van der Waals surface area contributed by atoms with E-state index in [-0.39, 0.29) is 0 Å². The summed E-state index contributed by atoms with van der Waals surface area (Å²) in [6.07, 6.45) is 1.10. The standard InChI is InChI=1S/C15H23N3O2/c1-3-17(4-2)12-7-8-18(10-12)14-9-11(15(19)20)5-6-13(14)16/h5-6,9,12H,3-4,7-8,10,16H2,1-2H3,(H,19,20). The molecule has 0 amide bonds. The molecule has 0 bridgehead atoms. The molecule has 1 saturated heterocycles. The van der Waals surface area contributed by atoms with E-state index in [4.69, 9.17) is 10.8 Å². The summed E-state index contributed by atoms with van der Waals surface area (Å²) in [5, 5.41) is 9.09. The number of carbonyl (C=O) groups is 1. The van der Waals surface area contributed by atoms with Crippen LogP contribution in [-0.4, -0.2) is 48.2 Å². The lowest BCUT2D eigenvalue weighted by Crippen LogP contribution is -2.37. The summed E-state index contributed by atoms with van der Waals surface area (Å²) < 4.78 is 0. The van der Waals surface area contributed by atoms with E-state index in [1.54, 1.807) is 18.2 Å². The maximum Gasteiger partial charge on any atom is 0.335 e. The van der Waals surface area contributed by atoms with Gasteiger partial charge in [0.25, 0.3) is 0 Å². The molecule has 2 rings (SSSR count). The van der Waals surface area contributed by atoms with Gasteiger partial charge in [0.15, 0.2) is 0 Å². The number of aromatic carboxylic acids is 1. The van der Waals surface area contributed by atoms with Gasteiger partial charge in [-0.15, -0.1) is 0 Å². The van der Waals surface area contributed by atoms with Crippen LogP contribution in [0.4, 0.5) is 11.4 Å². The van der Waals surface area contributed by atoms with Crippen molar-refractivity contribution < 1.29 is 9.90 Å². The number of benzene rings is 1. The highest BCUT2D eigenvalue weighted by Gasteiger charge is 2.27. The van der Waals surface area contributed by atoms with E-state index in [0.717, 1.165) is 38.3 Å². The maximum atomic E-state index is 11.1. The van der Waals surface area contributed by atoms with Crippen LogP contribution in [0.2, 0.25) is 0 Å².